The van der Waals surface area contributed by atoms with Crippen LogP contribution in [0.15, 0.2) is 59.5 Å². The summed E-state index contributed by atoms with van der Waals surface area (Å²) in [5, 5.41) is 18.4. The molecule has 174 valence electrons. The van der Waals surface area contributed by atoms with Crippen molar-refractivity contribution < 1.29 is 14.3 Å². The molecule has 0 aliphatic carbocycles. The fourth-order valence-electron chi connectivity index (χ4n) is 4.46. The largest absolute Gasteiger partial charge is 0.388 e. The highest BCUT2D eigenvalue weighted by atomic mass is 19.1. The van der Waals surface area contributed by atoms with Gasteiger partial charge in [0, 0.05) is 24.2 Å². The maximum Gasteiger partial charge on any atom is 0.265 e. The van der Waals surface area contributed by atoms with Gasteiger partial charge in [0.05, 0.1) is 18.3 Å². The second-order valence-electron chi connectivity index (χ2n) is 8.80. The fraction of sp³-hybridized carbons (Fsp3) is 0.280. The molecule has 2 N–H and O–H groups in total. The van der Waals surface area contributed by atoms with Crippen LogP contribution in [0.1, 0.15) is 28.8 Å². The number of rotatable bonds is 4. The molecule has 0 saturated carbocycles. The van der Waals surface area contributed by atoms with Gasteiger partial charge in [-0.2, -0.15) is 5.10 Å². The average molecular weight is 461 g/mol. The maximum atomic E-state index is 13.7. The van der Waals surface area contributed by atoms with Gasteiger partial charge < -0.3 is 10.0 Å². The first-order valence-corrected chi connectivity index (χ1v) is 11.1. The minimum absolute atomic E-state index is 0.0329. The van der Waals surface area contributed by atoms with E-state index in [1.54, 1.807) is 17.9 Å². The van der Waals surface area contributed by atoms with Crippen molar-refractivity contribution in [1.82, 2.24) is 24.6 Å². The average Bonchev–Trinajstić information content (AvgIpc) is 3.32. The van der Waals surface area contributed by atoms with Crippen molar-refractivity contribution in [3.05, 3.63) is 82.0 Å². The highest BCUT2D eigenvalue weighted by molar-refractivity contribution is 5.95. The zero-order chi connectivity index (χ0) is 23.9. The van der Waals surface area contributed by atoms with Crippen LogP contribution in [0.25, 0.3) is 22.4 Å². The summed E-state index contributed by atoms with van der Waals surface area (Å²) in [6, 6.07) is 13.5. The predicted octanol–water partition coefficient (Wildman–Crippen LogP) is 2.90. The van der Waals surface area contributed by atoms with Gasteiger partial charge in [-0.25, -0.2) is 9.37 Å². The number of nitrogens with one attached hydrogen (secondary N) is 1. The molecule has 1 aliphatic heterocycles. The van der Waals surface area contributed by atoms with E-state index in [1.807, 2.05) is 30.3 Å². The van der Waals surface area contributed by atoms with Gasteiger partial charge in [-0.05, 0) is 37.5 Å². The summed E-state index contributed by atoms with van der Waals surface area (Å²) < 4.78 is 15.2. The number of likely N-dealkylation sites (tertiary alicyclic amines) is 1. The molecule has 3 heterocycles. The van der Waals surface area contributed by atoms with Gasteiger partial charge in [0.2, 0.25) is 0 Å². The van der Waals surface area contributed by atoms with Crippen LogP contribution in [0.3, 0.4) is 0 Å². The third-order valence-corrected chi connectivity index (χ3v) is 6.46. The van der Waals surface area contributed by atoms with Crippen LogP contribution in [0, 0.1) is 12.7 Å². The number of fused-ring (bicyclic) bond motifs is 1. The minimum atomic E-state index is -1.21. The second kappa shape index (κ2) is 8.49. The molecule has 0 atom stereocenters. The van der Waals surface area contributed by atoms with Gasteiger partial charge in [-0.3, -0.25) is 19.3 Å². The Morgan fingerprint density at radius 3 is 2.65 bits per heavy atom. The van der Waals surface area contributed by atoms with E-state index in [-0.39, 0.29) is 30.9 Å². The minimum Gasteiger partial charge on any atom is -0.388 e. The topological polar surface area (TPSA) is 104 Å². The number of halogens is 1. The molecular weight excluding hydrogens is 437 g/mol. The molecule has 34 heavy (non-hydrogen) atoms. The molecule has 2 aromatic heterocycles. The van der Waals surface area contributed by atoms with Crippen LogP contribution in [-0.2, 0) is 6.54 Å². The van der Waals surface area contributed by atoms with Gasteiger partial charge in [0.15, 0.2) is 5.65 Å². The van der Waals surface area contributed by atoms with Crippen LogP contribution in [0.2, 0.25) is 0 Å². The van der Waals surface area contributed by atoms with Crippen LogP contribution in [-0.4, -0.2) is 54.4 Å². The standard InChI is InChI=1S/C25H24FN5O3/c1-16-7-8-18(26)13-19(16)23(32)30-11-9-25(34,10-12-30)15-31-22(17-5-3-2-4-6-17)28-21-20(24(31)33)14-27-29-21/h2-8,13-14,34H,9-12,15H2,1H3,(H,27,29). The lowest BCUT2D eigenvalue weighted by Gasteiger charge is -2.39. The smallest absolute Gasteiger partial charge is 0.265 e. The Kier molecular flexibility index (Phi) is 5.49. The number of aryl methyl sites for hydroxylation is 1. The summed E-state index contributed by atoms with van der Waals surface area (Å²) in [6.07, 6.45) is 1.98. The lowest BCUT2D eigenvalue weighted by Crippen LogP contribution is -2.50. The number of aromatic amines is 1. The van der Waals surface area contributed by atoms with Crippen LogP contribution in [0.4, 0.5) is 4.39 Å². The lowest BCUT2D eigenvalue weighted by atomic mass is 9.90. The molecule has 0 spiro atoms. The number of nitrogens with zero attached hydrogens (tertiary/aromatic N) is 4. The third kappa shape index (κ3) is 3.99. The van der Waals surface area contributed by atoms with E-state index in [9.17, 15) is 19.1 Å². The van der Waals surface area contributed by atoms with E-state index in [0.29, 0.717) is 41.1 Å². The summed E-state index contributed by atoms with van der Waals surface area (Å²) in [7, 11) is 0. The molecule has 1 saturated heterocycles. The molecule has 2 aromatic carbocycles. The van der Waals surface area contributed by atoms with Crippen molar-refractivity contribution in [3.63, 3.8) is 0 Å². The summed E-state index contributed by atoms with van der Waals surface area (Å²) in [5.41, 5.74) is 0.653. The number of H-pyrrole nitrogens is 1. The lowest BCUT2D eigenvalue weighted by molar-refractivity contribution is -0.0296. The zero-order valence-electron chi connectivity index (χ0n) is 18.7. The van der Waals surface area contributed by atoms with E-state index in [1.165, 1.54) is 22.9 Å². The van der Waals surface area contributed by atoms with E-state index in [0.717, 1.165) is 5.56 Å². The Labute approximate surface area is 194 Å². The van der Waals surface area contributed by atoms with Crippen LogP contribution in [0.5, 0.6) is 0 Å². The van der Waals surface area contributed by atoms with E-state index in [2.05, 4.69) is 15.2 Å². The number of hydrogen-bond acceptors (Lipinski definition) is 5. The normalized spacial score (nSPS) is 15.6. The Balaban J connectivity index is 1.42. The van der Waals surface area contributed by atoms with Crippen molar-refractivity contribution in [2.45, 2.75) is 31.9 Å². The Morgan fingerprint density at radius 1 is 1.18 bits per heavy atom. The summed E-state index contributed by atoms with van der Waals surface area (Å²) in [5.74, 6) is -0.287. The number of amides is 1. The van der Waals surface area contributed by atoms with Crippen molar-refractivity contribution in [3.8, 4) is 11.4 Å². The number of benzene rings is 2. The number of carbonyl (C=O) groups is 1. The summed E-state index contributed by atoms with van der Waals surface area (Å²) in [6.45, 7) is 2.39. The van der Waals surface area contributed by atoms with Gasteiger partial charge in [-0.1, -0.05) is 36.4 Å². The molecule has 9 heteroatoms. The van der Waals surface area contributed by atoms with E-state index < -0.39 is 11.4 Å². The number of carbonyl (C=O) groups excluding carboxylic acids is 1. The van der Waals surface area contributed by atoms with Gasteiger partial charge >= 0.3 is 0 Å². The van der Waals surface area contributed by atoms with Crippen molar-refractivity contribution >= 4 is 16.9 Å². The Morgan fingerprint density at radius 2 is 1.91 bits per heavy atom. The predicted molar refractivity (Wildman–Crippen MR) is 125 cm³/mol. The number of piperidine rings is 1. The van der Waals surface area contributed by atoms with Crippen molar-refractivity contribution in [1.29, 1.82) is 0 Å². The highest BCUT2D eigenvalue weighted by Crippen LogP contribution is 2.28. The first-order chi connectivity index (χ1) is 16.3. The monoisotopic (exact) mass is 461 g/mol. The summed E-state index contributed by atoms with van der Waals surface area (Å²) in [4.78, 5) is 32.4. The van der Waals surface area contributed by atoms with Crippen molar-refractivity contribution in [2.75, 3.05) is 13.1 Å². The Bertz CT molecular complexity index is 1420. The fourth-order valence-corrected chi connectivity index (χ4v) is 4.46. The third-order valence-electron chi connectivity index (χ3n) is 6.46. The maximum absolute atomic E-state index is 13.7. The molecule has 0 bridgehead atoms. The van der Waals surface area contributed by atoms with Crippen LogP contribution >= 0.6 is 0 Å². The van der Waals surface area contributed by atoms with E-state index in [4.69, 9.17) is 0 Å². The van der Waals surface area contributed by atoms with Crippen LogP contribution < -0.4 is 5.56 Å². The highest BCUT2D eigenvalue weighted by Gasteiger charge is 2.36. The van der Waals surface area contributed by atoms with Gasteiger partial charge in [0.1, 0.15) is 17.0 Å². The molecule has 8 nitrogen and oxygen atoms in total. The second-order valence-corrected chi connectivity index (χ2v) is 8.80. The Hall–Kier alpha value is -3.85. The quantitative estimate of drug-likeness (QED) is 0.486. The van der Waals surface area contributed by atoms with Gasteiger partial charge in [-0.15, -0.1) is 0 Å². The number of aliphatic hydroxyl groups is 1. The molecule has 1 amide bonds. The first-order valence-electron chi connectivity index (χ1n) is 11.1. The molecule has 0 unspecified atom stereocenters. The van der Waals surface area contributed by atoms with Crippen molar-refractivity contribution in [2.24, 2.45) is 0 Å². The first kappa shape index (κ1) is 22.0. The molecule has 1 fully saturated rings. The molecule has 0 radical (unpaired) electrons. The number of aromatic nitrogens is 4. The SMILES string of the molecule is Cc1ccc(F)cc1C(=O)N1CCC(O)(Cn2c(-c3ccccc3)nc3[nH]ncc3c2=O)CC1. The molecular formula is C25H24FN5O3. The molecule has 4 aromatic rings. The molecule has 5 rings (SSSR count). The zero-order valence-corrected chi connectivity index (χ0v) is 18.7. The molecule has 1 aliphatic rings. The van der Waals surface area contributed by atoms with E-state index >= 15 is 0 Å². The van der Waals surface area contributed by atoms with Gasteiger partial charge in [0.25, 0.3) is 11.5 Å². The number of hydrogen-bond donors (Lipinski definition) is 2. The summed E-state index contributed by atoms with van der Waals surface area (Å²) >= 11 is 0.